The average molecular weight is 594 g/mol. The van der Waals surface area contributed by atoms with Crippen LogP contribution in [0.4, 0.5) is 35.0 Å². The molecule has 1 amide bonds. The molecule has 0 fully saturated rings. The number of anilines is 3. The minimum atomic E-state index is -4.81. The van der Waals surface area contributed by atoms with Gasteiger partial charge in [0.25, 0.3) is 10.0 Å². The van der Waals surface area contributed by atoms with E-state index in [2.05, 4.69) is 20.5 Å². The molecule has 0 bridgehead atoms. The molecule has 2 heterocycles. The van der Waals surface area contributed by atoms with E-state index in [1.807, 2.05) is 0 Å². The highest BCUT2D eigenvalue weighted by Crippen LogP contribution is 2.42. The third-order valence-corrected chi connectivity index (χ3v) is 8.71. The summed E-state index contributed by atoms with van der Waals surface area (Å²) in [4.78, 5) is 23.7. The Morgan fingerprint density at radius 3 is 2.44 bits per heavy atom. The van der Waals surface area contributed by atoms with E-state index in [-0.39, 0.29) is 27.8 Å². The number of rotatable bonds is 8. The van der Waals surface area contributed by atoms with Crippen molar-refractivity contribution in [2.75, 3.05) is 14.9 Å². The normalized spacial score (nSPS) is 18.3. The van der Waals surface area contributed by atoms with E-state index in [1.54, 1.807) is 27.7 Å². The number of ether oxygens (including phenoxy) is 1. The summed E-state index contributed by atoms with van der Waals surface area (Å²) in [7, 11) is -4.34. The Bertz CT molecular complexity index is 1360. The largest absolute Gasteiger partial charge is 0.434 e. The molecule has 3 rings (SSSR count). The van der Waals surface area contributed by atoms with Crippen LogP contribution in [0.5, 0.6) is 0 Å². The van der Waals surface area contributed by atoms with Gasteiger partial charge in [0.05, 0.1) is 17.4 Å². The Kier molecular flexibility index (Phi) is 8.24. The van der Waals surface area contributed by atoms with E-state index < -0.39 is 45.4 Å². The molecule has 1 aromatic carbocycles. The molecule has 1 aromatic heterocycles. The van der Waals surface area contributed by atoms with Crippen LogP contribution in [0.3, 0.4) is 0 Å². The van der Waals surface area contributed by atoms with E-state index in [0.29, 0.717) is 26.1 Å². The molecular formula is C24H31ClF3N5O5S. The Hall–Kier alpha value is -3.00. The number of carbonyl (C=O) groups is 2. The fourth-order valence-electron chi connectivity index (χ4n) is 4.06. The van der Waals surface area contributed by atoms with Gasteiger partial charge in [-0.1, -0.05) is 25.4 Å². The van der Waals surface area contributed by atoms with Crippen LogP contribution in [0, 0.1) is 5.41 Å². The molecule has 0 saturated carbocycles. The molecule has 1 aliphatic heterocycles. The number of fused-ring (bicyclic) bond motifs is 1. The monoisotopic (exact) mass is 593 g/mol. The zero-order chi connectivity index (χ0) is 29.6. The first-order chi connectivity index (χ1) is 17.8. The van der Waals surface area contributed by atoms with Gasteiger partial charge in [-0.25, -0.2) is 13.2 Å². The van der Waals surface area contributed by atoms with Crippen LogP contribution in [0.15, 0.2) is 29.3 Å². The Morgan fingerprint density at radius 1 is 1.26 bits per heavy atom. The van der Waals surface area contributed by atoms with Gasteiger partial charge in [-0.15, -0.1) is 0 Å². The summed E-state index contributed by atoms with van der Waals surface area (Å²) in [6, 6.07) is 2.90. The number of carbonyl (C=O) groups excluding carboxylic acids is 2. The fourth-order valence-corrected chi connectivity index (χ4v) is 6.21. The number of aldehydes is 1. The fraction of sp³-hybridized carbons (Fsp3) is 0.542. The van der Waals surface area contributed by atoms with Crippen LogP contribution in [-0.2, 0) is 26.1 Å². The summed E-state index contributed by atoms with van der Waals surface area (Å²) in [5.41, 5.74) is -3.08. The van der Waals surface area contributed by atoms with Crippen molar-refractivity contribution in [2.24, 2.45) is 5.41 Å². The predicted octanol–water partition coefficient (Wildman–Crippen LogP) is 5.44. The van der Waals surface area contributed by atoms with Crippen molar-refractivity contribution >= 4 is 51.1 Å². The second-order valence-electron chi connectivity index (χ2n) is 10.5. The molecule has 216 valence electrons. The first-order valence-electron chi connectivity index (χ1n) is 12.0. The first kappa shape index (κ1) is 30.5. The molecule has 39 heavy (non-hydrogen) atoms. The number of aryl methyl sites for hydroxylation is 1. The first-order valence-corrected chi connectivity index (χ1v) is 13.9. The van der Waals surface area contributed by atoms with Crippen molar-refractivity contribution in [1.82, 2.24) is 9.78 Å². The number of benzene rings is 1. The molecule has 0 saturated heterocycles. The van der Waals surface area contributed by atoms with Crippen LogP contribution in [0.2, 0.25) is 5.15 Å². The van der Waals surface area contributed by atoms with Gasteiger partial charge in [0.1, 0.15) is 11.2 Å². The van der Waals surface area contributed by atoms with E-state index >= 15 is 0 Å². The molecular weight excluding hydrogens is 563 g/mol. The Labute approximate surface area is 229 Å². The summed E-state index contributed by atoms with van der Waals surface area (Å²) >= 11 is 6.20. The standard InChI is InChI=1S/C24H31ClF3N5O5S/c1-7-32-12-19(20(25)31-32)39(36,37)33-14(2)17(11-22(3,4)13-34)30-16-9-8-15(10-18(16)33)29-21(35)38-23(5,6)24(26,27)28/h8-10,12-14,17,30H,7,11H2,1-6H3,(H,29,35)/t14-,17+/m1/s1. The topological polar surface area (TPSA) is 123 Å². The lowest BCUT2D eigenvalue weighted by Gasteiger charge is -2.43. The van der Waals surface area contributed by atoms with Crippen LogP contribution in [-0.4, -0.2) is 54.4 Å². The second kappa shape index (κ2) is 10.5. The average Bonchev–Trinajstić information content (AvgIpc) is 3.20. The summed E-state index contributed by atoms with van der Waals surface area (Å²) in [5, 5.41) is 9.27. The number of aromatic nitrogens is 2. The maximum absolute atomic E-state index is 14.0. The zero-order valence-corrected chi connectivity index (χ0v) is 23.8. The minimum Gasteiger partial charge on any atom is -0.434 e. The number of nitrogens with one attached hydrogen (secondary N) is 2. The molecule has 0 radical (unpaired) electrons. The van der Waals surface area contributed by atoms with E-state index in [1.165, 1.54) is 29.1 Å². The van der Waals surface area contributed by atoms with E-state index in [0.717, 1.165) is 10.6 Å². The summed E-state index contributed by atoms with van der Waals surface area (Å²) in [6.07, 6.45) is -3.81. The van der Waals surface area contributed by atoms with Crippen molar-refractivity contribution < 1.29 is 35.9 Å². The van der Waals surface area contributed by atoms with Crippen LogP contribution >= 0.6 is 11.6 Å². The smallest absolute Gasteiger partial charge is 0.427 e. The number of hydrogen-bond donors (Lipinski definition) is 2. The van der Waals surface area contributed by atoms with Gasteiger partial charge in [-0.05, 0) is 52.3 Å². The Morgan fingerprint density at radius 2 is 1.90 bits per heavy atom. The lowest BCUT2D eigenvalue weighted by atomic mass is 9.84. The zero-order valence-electron chi connectivity index (χ0n) is 22.3. The molecule has 2 aromatic rings. The molecule has 2 atom stereocenters. The molecule has 10 nitrogen and oxygen atoms in total. The molecule has 0 unspecified atom stereocenters. The van der Waals surface area contributed by atoms with Crippen LogP contribution in [0.25, 0.3) is 0 Å². The summed E-state index contributed by atoms with van der Waals surface area (Å²) in [6.45, 7) is 8.65. The summed E-state index contributed by atoms with van der Waals surface area (Å²) in [5.74, 6) is 0. The second-order valence-corrected chi connectivity index (χ2v) is 12.6. The molecule has 15 heteroatoms. The van der Waals surface area contributed by atoms with Gasteiger partial charge in [0, 0.05) is 29.9 Å². The third-order valence-electron chi connectivity index (χ3n) is 6.42. The number of sulfonamides is 1. The highest BCUT2D eigenvalue weighted by molar-refractivity contribution is 7.93. The Balaban J connectivity index is 2.07. The lowest BCUT2D eigenvalue weighted by Crippen LogP contribution is -2.53. The van der Waals surface area contributed by atoms with Crippen molar-refractivity contribution in [1.29, 1.82) is 0 Å². The number of amides is 1. The number of hydrogen-bond acceptors (Lipinski definition) is 7. The van der Waals surface area contributed by atoms with Gasteiger partial charge in [0.2, 0.25) is 5.60 Å². The number of alkyl halides is 3. The van der Waals surface area contributed by atoms with Gasteiger partial charge in [-0.3, -0.25) is 14.3 Å². The van der Waals surface area contributed by atoms with Gasteiger partial charge in [0.15, 0.2) is 5.15 Å². The van der Waals surface area contributed by atoms with E-state index in [4.69, 9.17) is 11.6 Å². The van der Waals surface area contributed by atoms with Crippen LogP contribution < -0.4 is 14.9 Å². The third kappa shape index (κ3) is 6.26. The van der Waals surface area contributed by atoms with Crippen molar-refractivity contribution in [3.8, 4) is 0 Å². The van der Waals surface area contributed by atoms with Gasteiger partial charge >= 0.3 is 12.3 Å². The van der Waals surface area contributed by atoms with Crippen molar-refractivity contribution in [3.05, 3.63) is 29.5 Å². The number of halogens is 4. The SMILES string of the molecule is CCn1cc(S(=O)(=O)N2c3cc(NC(=O)OC(C)(C)C(F)(F)F)ccc3N[C@@H](CC(C)(C)C=O)[C@H]2C)c(Cl)n1. The van der Waals surface area contributed by atoms with Crippen molar-refractivity contribution in [3.63, 3.8) is 0 Å². The van der Waals surface area contributed by atoms with Crippen LogP contribution in [0.1, 0.15) is 48.0 Å². The van der Waals surface area contributed by atoms with Gasteiger partial charge in [-0.2, -0.15) is 18.3 Å². The molecule has 0 aliphatic carbocycles. The molecule has 0 spiro atoms. The molecule has 2 N–H and O–H groups in total. The van der Waals surface area contributed by atoms with E-state index in [9.17, 15) is 31.2 Å². The van der Waals surface area contributed by atoms with Crippen molar-refractivity contribution in [2.45, 2.75) is 83.3 Å². The maximum atomic E-state index is 14.0. The minimum absolute atomic E-state index is 0.00653. The summed E-state index contributed by atoms with van der Waals surface area (Å²) < 4.78 is 74.5. The quantitative estimate of drug-likeness (QED) is 0.391. The highest BCUT2D eigenvalue weighted by atomic mass is 35.5. The number of nitrogens with zero attached hydrogens (tertiary/aromatic N) is 3. The van der Waals surface area contributed by atoms with Gasteiger partial charge < -0.3 is 14.8 Å². The predicted molar refractivity (Wildman–Crippen MR) is 141 cm³/mol. The lowest BCUT2D eigenvalue weighted by molar-refractivity contribution is -0.242. The molecule has 1 aliphatic rings. The maximum Gasteiger partial charge on any atom is 0.427 e. The highest BCUT2D eigenvalue weighted by Gasteiger charge is 2.51.